The molecule has 1 nitrogen and oxygen atoms in total. The van der Waals surface area contributed by atoms with Gasteiger partial charge >= 0.3 is 0 Å². The van der Waals surface area contributed by atoms with Crippen LogP contribution < -0.4 is 0 Å². The fraction of sp³-hybridized carbons (Fsp3) is 0.167. The summed E-state index contributed by atoms with van der Waals surface area (Å²) in [5, 5.41) is 9.55. The summed E-state index contributed by atoms with van der Waals surface area (Å²) < 4.78 is 0. The first kappa shape index (κ1) is 9.59. The summed E-state index contributed by atoms with van der Waals surface area (Å²) in [6.45, 7) is 11.3. The van der Waals surface area contributed by atoms with E-state index in [0.717, 1.165) is 22.3 Å². The number of phenols is 1. The second-order valence-electron chi connectivity index (χ2n) is 3.07. The SMILES string of the molecule is C=Cc1c(C)cc(O)c(C)c1C=C. The lowest BCUT2D eigenvalue weighted by atomic mass is 9.96. The molecule has 0 bridgehead atoms. The summed E-state index contributed by atoms with van der Waals surface area (Å²) in [7, 11) is 0. The van der Waals surface area contributed by atoms with Crippen molar-refractivity contribution in [2.75, 3.05) is 0 Å². The molecule has 0 radical (unpaired) electrons. The normalized spacial score (nSPS) is 9.69. The lowest BCUT2D eigenvalue weighted by Crippen LogP contribution is -1.90. The van der Waals surface area contributed by atoms with Crippen molar-refractivity contribution < 1.29 is 5.11 Å². The van der Waals surface area contributed by atoms with Crippen LogP contribution in [0, 0.1) is 13.8 Å². The number of benzene rings is 1. The van der Waals surface area contributed by atoms with E-state index in [9.17, 15) is 5.11 Å². The lowest BCUT2D eigenvalue weighted by molar-refractivity contribution is 0.470. The zero-order valence-corrected chi connectivity index (χ0v) is 8.09. The van der Waals surface area contributed by atoms with Crippen molar-refractivity contribution in [1.82, 2.24) is 0 Å². The molecule has 0 spiro atoms. The molecule has 0 aliphatic rings. The standard InChI is InChI=1S/C12H14O/c1-5-10-8(3)7-12(13)9(4)11(10)6-2/h5-7,13H,1-2H2,3-4H3. The van der Waals surface area contributed by atoms with E-state index in [1.165, 1.54) is 0 Å². The van der Waals surface area contributed by atoms with E-state index in [2.05, 4.69) is 13.2 Å². The Balaban J connectivity index is 3.59. The molecule has 0 fully saturated rings. The van der Waals surface area contributed by atoms with Crippen molar-refractivity contribution in [3.8, 4) is 5.75 Å². The third kappa shape index (κ3) is 1.50. The van der Waals surface area contributed by atoms with Gasteiger partial charge in [0.1, 0.15) is 5.75 Å². The average molecular weight is 174 g/mol. The van der Waals surface area contributed by atoms with Crippen LogP contribution in [-0.2, 0) is 0 Å². The molecule has 0 aliphatic heterocycles. The van der Waals surface area contributed by atoms with Crippen molar-refractivity contribution >= 4 is 12.2 Å². The van der Waals surface area contributed by atoms with Crippen LogP contribution in [0.15, 0.2) is 19.2 Å². The maximum atomic E-state index is 9.55. The molecule has 1 rings (SSSR count). The number of rotatable bonds is 2. The van der Waals surface area contributed by atoms with Gasteiger partial charge in [-0.25, -0.2) is 0 Å². The van der Waals surface area contributed by atoms with Crippen molar-refractivity contribution in [2.45, 2.75) is 13.8 Å². The number of aryl methyl sites for hydroxylation is 1. The Labute approximate surface area is 79.0 Å². The highest BCUT2D eigenvalue weighted by molar-refractivity contribution is 5.71. The van der Waals surface area contributed by atoms with Gasteiger partial charge in [-0.2, -0.15) is 0 Å². The van der Waals surface area contributed by atoms with Crippen molar-refractivity contribution in [3.63, 3.8) is 0 Å². The highest BCUT2D eigenvalue weighted by Crippen LogP contribution is 2.28. The van der Waals surface area contributed by atoms with Gasteiger partial charge in [0.05, 0.1) is 0 Å². The minimum atomic E-state index is 0.318. The van der Waals surface area contributed by atoms with Gasteiger partial charge in [-0.3, -0.25) is 0 Å². The molecule has 1 heteroatoms. The van der Waals surface area contributed by atoms with Gasteiger partial charge < -0.3 is 5.11 Å². The van der Waals surface area contributed by atoms with E-state index in [4.69, 9.17) is 0 Å². The number of phenolic OH excluding ortho intramolecular Hbond substituents is 1. The van der Waals surface area contributed by atoms with Crippen molar-refractivity contribution in [2.24, 2.45) is 0 Å². The van der Waals surface area contributed by atoms with E-state index in [0.29, 0.717) is 5.75 Å². The monoisotopic (exact) mass is 174 g/mol. The Kier molecular flexibility index (Phi) is 2.57. The van der Waals surface area contributed by atoms with Crippen LogP contribution in [0.4, 0.5) is 0 Å². The molecule has 13 heavy (non-hydrogen) atoms. The maximum absolute atomic E-state index is 9.55. The predicted octanol–water partition coefficient (Wildman–Crippen LogP) is 3.30. The van der Waals surface area contributed by atoms with Crippen LogP contribution in [0.1, 0.15) is 22.3 Å². The largest absolute Gasteiger partial charge is 0.508 e. The fourth-order valence-electron chi connectivity index (χ4n) is 1.48. The molecular weight excluding hydrogens is 160 g/mol. The molecule has 1 aromatic carbocycles. The van der Waals surface area contributed by atoms with Gasteiger partial charge in [0.15, 0.2) is 0 Å². The molecule has 0 aliphatic carbocycles. The van der Waals surface area contributed by atoms with Crippen LogP contribution in [-0.4, -0.2) is 5.11 Å². The Hall–Kier alpha value is -1.50. The molecule has 0 saturated carbocycles. The molecule has 68 valence electrons. The zero-order chi connectivity index (χ0) is 10.0. The van der Waals surface area contributed by atoms with Crippen LogP contribution in [0.5, 0.6) is 5.75 Å². The topological polar surface area (TPSA) is 20.2 Å². The summed E-state index contributed by atoms with van der Waals surface area (Å²) in [5.74, 6) is 0.318. The summed E-state index contributed by atoms with van der Waals surface area (Å²) >= 11 is 0. The van der Waals surface area contributed by atoms with Crippen molar-refractivity contribution in [1.29, 1.82) is 0 Å². The molecule has 0 atom stereocenters. The van der Waals surface area contributed by atoms with E-state index >= 15 is 0 Å². The van der Waals surface area contributed by atoms with E-state index < -0.39 is 0 Å². The van der Waals surface area contributed by atoms with Gasteiger partial charge in [0.2, 0.25) is 0 Å². The first-order chi connectivity index (χ1) is 6.11. The molecule has 1 aromatic rings. The zero-order valence-electron chi connectivity index (χ0n) is 8.09. The summed E-state index contributed by atoms with van der Waals surface area (Å²) in [5.41, 5.74) is 3.89. The maximum Gasteiger partial charge on any atom is 0.119 e. The van der Waals surface area contributed by atoms with Gasteiger partial charge in [0, 0.05) is 0 Å². The predicted molar refractivity (Wildman–Crippen MR) is 57.8 cm³/mol. The van der Waals surface area contributed by atoms with Gasteiger partial charge in [0.25, 0.3) is 0 Å². The highest BCUT2D eigenvalue weighted by atomic mass is 16.3. The minimum Gasteiger partial charge on any atom is -0.508 e. The fourth-order valence-corrected chi connectivity index (χ4v) is 1.48. The molecule has 0 amide bonds. The quantitative estimate of drug-likeness (QED) is 0.729. The Morgan fingerprint density at radius 3 is 2.15 bits per heavy atom. The minimum absolute atomic E-state index is 0.318. The van der Waals surface area contributed by atoms with Gasteiger partial charge in [-0.05, 0) is 42.2 Å². The molecule has 0 aromatic heterocycles. The van der Waals surface area contributed by atoms with Crippen LogP contribution in [0.2, 0.25) is 0 Å². The second kappa shape index (κ2) is 3.48. The Bertz CT molecular complexity index is 362. The Morgan fingerprint density at radius 2 is 1.69 bits per heavy atom. The summed E-state index contributed by atoms with van der Waals surface area (Å²) in [6.07, 6.45) is 3.54. The first-order valence-electron chi connectivity index (χ1n) is 4.19. The number of hydrogen-bond acceptors (Lipinski definition) is 1. The van der Waals surface area contributed by atoms with Crippen LogP contribution in [0.3, 0.4) is 0 Å². The molecule has 1 N–H and O–H groups in total. The first-order valence-corrected chi connectivity index (χ1v) is 4.19. The van der Waals surface area contributed by atoms with Gasteiger partial charge in [-0.15, -0.1) is 0 Å². The highest BCUT2D eigenvalue weighted by Gasteiger charge is 2.07. The van der Waals surface area contributed by atoms with Gasteiger partial charge in [-0.1, -0.05) is 25.3 Å². The van der Waals surface area contributed by atoms with Crippen molar-refractivity contribution in [3.05, 3.63) is 41.5 Å². The number of aromatic hydroxyl groups is 1. The van der Waals surface area contributed by atoms with E-state index in [1.54, 1.807) is 18.2 Å². The molecular formula is C12H14O. The molecule has 0 saturated heterocycles. The molecule has 0 unspecified atom stereocenters. The smallest absolute Gasteiger partial charge is 0.119 e. The summed E-state index contributed by atoms with van der Waals surface area (Å²) in [6, 6.07) is 1.75. The lowest BCUT2D eigenvalue weighted by Gasteiger charge is -2.10. The second-order valence-corrected chi connectivity index (χ2v) is 3.07. The molecule has 0 heterocycles. The van der Waals surface area contributed by atoms with E-state index in [1.807, 2.05) is 13.8 Å². The number of hydrogen-bond donors (Lipinski definition) is 1. The third-order valence-corrected chi connectivity index (χ3v) is 2.26. The summed E-state index contributed by atoms with van der Waals surface area (Å²) in [4.78, 5) is 0. The van der Waals surface area contributed by atoms with Crippen LogP contribution in [0.25, 0.3) is 12.2 Å². The third-order valence-electron chi connectivity index (χ3n) is 2.26. The average Bonchev–Trinajstić information content (AvgIpc) is 2.10. The van der Waals surface area contributed by atoms with Crippen LogP contribution >= 0.6 is 0 Å². The van der Waals surface area contributed by atoms with E-state index in [-0.39, 0.29) is 0 Å². The Morgan fingerprint density at radius 1 is 1.15 bits per heavy atom.